The van der Waals surface area contributed by atoms with E-state index in [-0.39, 0.29) is 19.1 Å². The highest BCUT2D eigenvalue weighted by molar-refractivity contribution is 7.54. The van der Waals surface area contributed by atoms with Crippen LogP contribution in [0.5, 0.6) is 5.75 Å². The highest BCUT2D eigenvalue weighted by Crippen LogP contribution is 2.53. The SMILES string of the molecule is CCCC[C@H](NC(=O)[C@H](C)c1ccc2cc(OC)ccc2c1)P(=O)(OCC)OCC. The molecule has 0 spiro atoms. The molecule has 1 N–H and O–H groups in total. The summed E-state index contributed by atoms with van der Waals surface area (Å²) in [5, 5.41) is 5.03. The minimum atomic E-state index is -3.44. The maximum Gasteiger partial charge on any atom is 0.352 e. The fraction of sp³-hybridized carbons (Fsp3) is 0.522. The highest BCUT2D eigenvalue weighted by atomic mass is 31.2. The summed E-state index contributed by atoms with van der Waals surface area (Å²) in [6, 6.07) is 11.8. The molecule has 0 aliphatic heterocycles. The smallest absolute Gasteiger partial charge is 0.352 e. The summed E-state index contributed by atoms with van der Waals surface area (Å²) in [6.45, 7) is 7.98. The molecule has 30 heavy (non-hydrogen) atoms. The van der Waals surface area contributed by atoms with Gasteiger partial charge in [-0.2, -0.15) is 0 Å². The van der Waals surface area contributed by atoms with E-state index in [1.165, 1.54) is 0 Å². The number of hydrogen-bond acceptors (Lipinski definition) is 5. The Morgan fingerprint density at radius 1 is 1.03 bits per heavy atom. The first-order chi connectivity index (χ1) is 14.4. The first-order valence-corrected chi connectivity index (χ1v) is 12.3. The summed E-state index contributed by atoms with van der Waals surface area (Å²) in [4.78, 5) is 13.0. The van der Waals surface area contributed by atoms with Gasteiger partial charge in [0, 0.05) is 0 Å². The fourth-order valence-corrected chi connectivity index (χ4v) is 5.30. The van der Waals surface area contributed by atoms with E-state index >= 15 is 0 Å². The van der Waals surface area contributed by atoms with Gasteiger partial charge < -0.3 is 19.1 Å². The molecule has 2 rings (SSSR count). The largest absolute Gasteiger partial charge is 0.497 e. The van der Waals surface area contributed by atoms with E-state index in [4.69, 9.17) is 13.8 Å². The Hall–Kier alpha value is -1.88. The number of rotatable bonds is 12. The van der Waals surface area contributed by atoms with Gasteiger partial charge in [0.25, 0.3) is 0 Å². The molecule has 0 aliphatic rings. The van der Waals surface area contributed by atoms with Crippen LogP contribution in [0, 0.1) is 0 Å². The van der Waals surface area contributed by atoms with Crippen molar-refractivity contribution in [1.82, 2.24) is 5.32 Å². The Labute approximate surface area is 179 Å². The number of nitrogens with one attached hydrogen (secondary N) is 1. The van der Waals surface area contributed by atoms with Crippen LogP contribution in [-0.4, -0.2) is 32.0 Å². The number of benzene rings is 2. The maximum absolute atomic E-state index is 13.3. The maximum atomic E-state index is 13.3. The molecule has 7 heteroatoms. The van der Waals surface area contributed by atoms with Crippen LogP contribution in [0.25, 0.3) is 10.8 Å². The van der Waals surface area contributed by atoms with Crippen molar-refractivity contribution < 1.29 is 23.1 Å². The second-order valence-electron chi connectivity index (χ2n) is 7.24. The van der Waals surface area contributed by atoms with Crippen LogP contribution in [0.3, 0.4) is 0 Å². The third-order valence-corrected chi connectivity index (χ3v) is 7.49. The molecule has 0 bridgehead atoms. The number of ether oxygens (including phenoxy) is 1. The zero-order valence-electron chi connectivity index (χ0n) is 18.6. The van der Waals surface area contributed by atoms with E-state index < -0.39 is 19.3 Å². The van der Waals surface area contributed by atoms with Crippen LogP contribution in [0.1, 0.15) is 58.4 Å². The van der Waals surface area contributed by atoms with Crippen molar-refractivity contribution >= 4 is 24.3 Å². The Morgan fingerprint density at radius 3 is 2.27 bits per heavy atom. The van der Waals surface area contributed by atoms with Crippen molar-refractivity contribution in [2.75, 3.05) is 20.3 Å². The molecule has 1 amide bonds. The molecular formula is C23H34NO5P. The second kappa shape index (κ2) is 11.5. The molecule has 2 atom stereocenters. The monoisotopic (exact) mass is 435 g/mol. The number of hydrogen-bond donors (Lipinski definition) is 1. The second-order valence-corrected chi connectivity index (χ2v) is 9.46. The predicted molar refractivity (Wildman–Crippen MR) is 121 cm³/mol. The molecule has 2 aromatic carbocycles. The first-order valence-electron chi connectivity index (χ1n) is 10.6. The van der Waals surface area contributed by atoms with Gasteiger partial charge in [0.15, 0.2) is 0 Å². The van der Waals surface area contributed by atoms with Gasteiger partial charge in [-0.05, 0) is 55.7 Å². The van der Waals surface area contributed by atoms with E-state index in [0.717, 1.165) is 34.9 Å². The molecule has 6 nitrogen and oxygen atoms in total. The topological polar surface area (TPSA) is 73.9 Å². The number of fused-ring (bicyclic) bond motifs is 1. The van der Waals surface area contributed by atoms with Gasteiger partial charge in [-0.25, -0.2) is 0 Å². The lowest BCUT2D eigenvalue weighted by Crippen LogP contribution is -2.38. The summed E-state index contributed by atoms with van der Waals surface area (Å²) in [5.74, 6) is -0.458. The molecule has 0 unspecified atom stereocenters. The van der Waals surface area contributed by atoms with Gasteiger partial charge in [0.05, 0.1) is 26.2 Å². The van der Waals surface area contributed by atoms with Gasteiger partial charge in [-0.3, -0.25) is 9.36 Å². The number of carbonyl (C=O) groups excluding carboxylic acids is 1. The van der Waals surface area contributed by atoms with Crippen molar-refractivity contribution in [3.8, 4) is 5.75 Å². The summed E-state index contributed by atoms with van der Waals surface area (Å²) in [7, 11) is -1.80. The molecule has 0 aromatic heterocycles. The lowest BCUT2D eigenvalue weighted by molar-refractivity contribution is -0.122. The van der Waals surface area contributed by atoms with Crippen molar-refractivity contribution in [3.63, 3.8) is 0 Å². The Kier molecular flexibility index (Phi) is 9.35. The minimum Gasteiger partial charge on any atom is -0.497 e. The molecule has 2 aromatic rings. The van der Waals surface area contributed by atoms with Crippen molar-refractivity contribution in [1.29, 1.82) is 0 Å². The number of carbonyl (C=O) groups is 1. The van der Waals surface area contributed by atoms with Crippen molar-refractivity contribution in [2.24, 2.45) is 0 Å². The van der Waals surface area contributed by atoms with Gasteiger partial charge in [0.2, 0.25) is 5.91 Å². The van der Waals surface area contributed by atoms with Crippen LogP contribution < -0.4 is 10.1 Å². The van der Waals surface area contributed by atoms with Crippen LogP contribution in [-0.2, 0) is 18.4 Å². The van der Waals surface area contributed by atoms with Gasteiger partial charge in [-0.1, -0.05) is 44.0 Å². The van der Waals surface area contributed by atoms with E-state index in [0.29, 0.717) is 6.42 Å². The minimum absolute atomic E-state index is 0.191. The first kappa shape index (κ1) is 24.4. The van der Waals surface area contributed by atoms with Crippen molar-refractivity contribution in [3.05, 3.63) is 42.0 Å². The standard InChI is InChI=1S/C23H34NO5P/c1-6-9-10-22(30(26,28-7-2)29-8-3)24-23(25)17(4)18-11-12-20-16-21(27-5)14-13-19(20)15-18/h11-17,22H,6-10H2,1-5H3,(H,24,25)/t17-,22-/m1/s1. The molecule has 0 saturated heterocycles. The Bertz CT molecular complexity index is 875. The summed E-state index contributed by atoms with van der Waals surface area (Å²) in [6.07, 6.45) is 2.29. The molecule has 166 valence electrons. The Balaban J connectivity index is 2.23. The van der Waals surface area contributed by atoms with E-state index in [1.807, 2.05) is 43.3 Å². The summed E-state index contributed by atoms with van der Waals surface area (Å²) < 4.78 is 29.6. The third-order valence-electron chi connectivity index (χ3n) is 5.10. The predicted octanol–water partition coefficient (Wildman–Crippen LogP) is 5.85. The number of methoxy groups -OCH3 is 1. The molecule has 0 aliphatic carbocycles. The van der Waals surface area contributed by atoms with Crippen LogP contribution in [0.15, 0.2) is 36.4 Å². The zero-order chi connectivity index (χ0) is 22.1. The van der Waals surface area contributed by atoms with Gasteiger partial charge in [-0.15, -0.1) is 0 Å². The van der Waals surface area contributed by atoms with Crippen molar-refractivity contribution in [2.45, 2.75) is 58.7 Å². The lowest BCUT2D eigenvalue weighted by atomic mass is 9.97. The number of amides is 1. The molecular weight excluding hydrogens is 401 g/mol. The fourth-order valence-electron chi connectivity index (χ4n) is 3.36. The summed E-state index contributed by atoms with van der Waals surface area (Å²) >= 11 is 0. The van der Waals surface area contributed by atoms with E-state index in [2.05, 4.69) is 12.2 Å². The van der Waals surface area contributed by atoms with Gasteiger partial charge >= 0.3 is 7.60 Å². The van der Waals surface area contributed by atoms with Gasteiger partial charge in [0.1, 0.15) is 11.5 Å². The Morgan fingerprint density at radius 2 is 1.67 bits per heavy atom. The zero-order valence-corrected chi connectivity index (χ0v) is 19.5. The molecule has 0 saturated carbocycles. The quantitative estimate of drug-likeness (QED) is 0.423. The van der Waals surface area contributed by atoms with Crippen LogP contribution in [0.2, 0.25) is 0 Å². The number of unbranched alkanes of at least 4 members (excludes halogenated alkanes) is 1. The molecule has 0 heterocycles. The van der Waals surface area contributed by atoms with Crippen LogP contribution in [0.4, 0.5) is 0 Å². The third kappa shape index (κ3) is 6.07. The molecule has 0 fully saturated rings. The van der Waals surface area contributed by atoms with Crippen LogP contribution >= 0.6 is 7.60 Å². The average molecular weight is 436 g/mol. The highest BCUT2D eigenvalue weighted by Gasteiger charge is 2.37. The van der Waals surface area contributed by atoms with E-state index in [9.17, 15) is 9.36 Å². The average Bonchev–Trinajstić information content (AvgIpc) is 2.75. The normalized spacial score (nSPS) is 13.8. The summed E-state index contributed by atoms with van der Waals surface area (Å²) in [5.41, 5.74) is 0.891. The lowest BCUT2D eigenvalue weighted by Gasteiger charge is -2.28. The van der Waals surface area contributed by atoms with E-state index in [1.54, 1.807) is 21.0 Å². The molecule has 0 radical (unpaired) electrons.